The molecule has 0 spiro atoms. The summed E-state index contributed by atoms with van der Waals surface area (Å²) in [6, 6.07) is 16.2. The zero-order valence-electron chi connectivity index (χ0n) is 18.7. The summed E-state index contributed by atoms with van der Waals surface area (Å²) in [5.74, 6) is 0.807. The smallest absolute Gasteiger partial charge is 0.267 e. The van der Waals surface area contributed by atoms with Gasteiger partial charge in [-0.3, -0.25) is 9.59 Å². The molecule has 7 nitrogen and oxygen atoms in total. The summed E-state index contributed by atoms with van der Waals surface area (Å²) in [4.78, 5) is 26.5. The molecule has 0 atom stereocenters. The summed E-state index contributed by atoms with van der Waals surface area (Å²) in [6.07, 6.45) is 1.64. The lowest BCUT2D eigenvalue weighted by molar-refractivity contribution is -0.117. The summed E-state index contributed by atoms with van der Waals surface area (Å²) < 4.78 is 16.1. The molecule has 0 saturated heterocycles. The van der Waals surface area contributed by atoms with Crippen LogP contribution in [0.2, 0.25) is 0 Å². The van der Waals surface area contributed by atoms with Crippen LogP contribution in [0.1, 0.15) is 20.8 Å². The number of nitrogens with one attached hydrogen (secondary N) is 2. The van der Waals surface area contributed by atoms with Gasteiger partial charge in [-0.2, -0.15) is 0 Å². The van der Waals surface area contributed by atoms with Crippen LogP contribution in [0.25, 0.3) is 6.08 Å². The van der Waals surface area contributed by atoms with Crippen molar-refractivity contribution in [3.8, 4) is 17.2 Å². The second-order valence-electron chi connectivity index (χ2n) is 7.01. The van der Waals surface area contributed by atoms with E-state index < -0.39 is 11.8 Å². The van der Waals surface area contributed by atoms with Crippen molar-refractivity contribution in [1.29, 1.82) is 0 Å². The number of aryl methyl sites for hydroxylation is 1. The molecule has 2 amide bonds. The molecular weight excluding hydrogens is 440 g/mol. The van der Waals surface area contributed by atoms with Crippen LogP contribution in [0.15, 0.2) is 65.7 Å². The first kappa shape index (κ1) is 23.9. The van der Waals surface area contributed by atoms with Crippen molar-refractivity contribution in [3.63, 3.8) is 0 Å². The number of ether oxygens (including phenoxy) is 3. The monoisotopic (exact) mass is 466 g/mol. The van der Waals surface area contributed by atoms with Gasteiger partial charge < -0.3 is 24.8 Å². The van der Waals surface area contributed by atoms with Crippen LogP contribution in [-0.4, -0.2) is 39.2 Å². The number of amides is 2. The lowest BCUT2D eigenvalue weighted by atomic mass is 10.1. The van der Waals surface area contributed by atoms with Gasteiger partial charge in [0.1, 0.15) is 18.1 Å². The molecule has 2 aromatic carbocycles. The molecule has 0 aliphatic rings. The van der Waals surface area contributed by atoms with Gasteiger partial charge in [0.25, 0.3) is 11.8 Å². The molecule has 0 saturated carbocycles. The van der Waals surface area contributed by atoms with Crippen LogP contribution in [0.3, 0.4) is 0 Å². The molecule has 8 heteroatoms. The number of carbonyl (C=O) groups is 2. The van der Waals surface area contributed by atoms with Gasteiger partial charge in [0.2, 0.25) is 0 Å². The number of rotatable bonds is 10. The first-order valence-electron chi connectivity index (χ1n) is 10.3. The zero-order valence-corrected chi connectivity index (χ0v) is 19.5. The lowest BCUT2D eigenvalue weighted by Gasteiger charge is -2.13. The highest BCUT2D eigenvalue weighted by atomic mass is 32.1. The Hall–Kier alpha value is -3.78. The van der Waals surface area contributed by atoms with Gasteiger partial charge >= 0.3 is 0 Å². The minimum Gasteiger partial charge on any atom is -0.493 e. The molecule has 0 bridgehead atoms. The second kappa shape index (κ2) is 11.7. The zero-order chi connectivity index (χ0) is 23.6. The van der Waals surface area contributed by atoms with Crippen molar-refractivity contribution >= 4 is 29.2 Å². The van der Waals surface area contributed by atoms with Gasteiger partial charge in [-0.05, 0) is 54.8 Å². The van der Waals surface area contributed by atoms with Crippen molar-refractivity contribution in [2.45, 2.75) is 6.92 Å². The van der Waals surface area contributed by atoms with E-state index in [2.05, 4.69) is 10.6 Å². The molecule has 3 rings (SSSR count). The summed E-state index contributed by atoms with van der Waals surface area (Å²) in [5, 5.41) is 7.39. The Labute approximate surface area is 197 Å². The fourth-order valence-corrected chi connectivity index (χ4v) is 3.57. The maximum atomic E-state index is 12.8. The first-order valence-corrected chi connectivity index (χ1v) is 11.1. The molecule has 3 aromatic rings. The molecule has 0 aliphatic heterocycles. The predicted molar refractivity (Wildman–Crippen MR) is 129 cm³/mol. The lowest BCUT2D eigenvalue weighted by Crippen LogP contribution is -2.36. The Bertz CT molecular complexity index is 1110. The third-order valence-electron chi connectivity index (χ3n) is 4.65. The van der Waals surface area contributed by atoms with Crippen LogP contribution >= 0.6 is 11.3 Å². The predicted octanol–water partition coefficient (Wildman–Crippen LogP) is 4.04. The summed E-state index contributed by atoms with van der Waals surface area (Å²) >= 11 is 1.46. The third-order valence-corrected chi connectivity index (χ3v) is 5.46. The SMILES string of the molecule is COc1ccc(C(=O)N/C(=C\c2cccs2)C(=O)NCCOc2ccc(C)cc2)cc1OC. The maximum absolute atomic E-state index is 12.8. The van der Waals surface area contributed by atoms with Crippen molar-refractivity contribution < 1.29 is 23.8 Å². The fraction of sp³-hybridized carbons (Fsp3) is 0.200. The molecular formula is C25H26N2O5S. The molecule has 0 unspecified atom stereocenters. The van der Waals surface area contributed by atoms with E-state index in [0.29, 0.717) is 23.7 Å². The van der Waals surface area contributed by atoms with Crippen LogP contribution in [0.4, 0.5) is 0 Å². The number of hydrogen-bond donors (Lipinski definition) is 2. The normalized spacial score (nSPS) is 10.9. The van der Waals surface area contributed by atoms with E-state index in [-0.39, 0.29) is 12.2 Å². The number of hydrogen-bond acceptors (Lipinski definition) is 6. The Morgan fingerprint density at radius 2 is 1.76 bits per heavy atom. The van der Waals surface area contributed by atoms with Gasteiger partial charge in [-0.1, -0.05) is 23.8 Å². The summed E-state index contributed by atoms with van der Waals surface area (Å²) in [7, 11) is 3.01. The summed E-state index contributed by atoms with van der Waals surface area (Å²) in [5.41, 5.74) is 1.61. The van der Waals surface area contributed by atoms with Gasteiger partial charge in [0, 0.05) is 10.4 Å². The minimum atomic E-state index is -0.440. The van der Waals surface area contributed by atoms with Crippen LogP contribution in [0, 0.1) is 6.92 Å². The standard InChI is InChI=1S/C25H26N2O5S/c1-17-6-9-19(10-7-17)32-13-12-26-25(29)21(16-20-5-4-14-33-20)27-24(28)18-8-11-22(30-2)23(15-18)31-3/h4-11,14-16H,12-13H2,1-3H3,(H,26,29)(H,27,28)/b21-16-. The Balaban J connectivity index is 1.66. The average molecular weight is 467 g/mol. The highest BCUT2D eigenvalue weighted by Gasteiger charge is 2.16. The molecule has 0 fully saturated rings. The van der Waals surface area contributed by atoms with E-state index in [1.807, 2.05) is 48.7 Å². The Morgan fingerprint density at radius 3 is 2.42 bits per heavy atom. The highest BCUT2D eigenvalue weighted by molar-refractivity contribution is 7.10. The second-order valence-corrected chi connectivity index (χ2v) is 7.99. The quantitative estimate of drug-likeness (QED) is 0.348. The van der Waals surface area contributed by atoms with Gasteiger partial charge in [0.15, 0.2) is 11.5 Å². The minimum absolute atomic E-state index is 0.132. The van der Waals surface area contributed by atoms with Crippen LogP contribution < -0.4 is 24.8 Å². The van der Waals surface area contributed by atoms with Crippen molar-refractivity contribution in [3.05, 3.63) is 81.7 Å². The maximum Gasteiger partial charge on any atom is 0.267 e. The van der Waals surface area contributed by atoms with E-state index >= 15 is 0 Å². The topological polar surface area (TPSA) is 85.9 Å². The average Bonchev–Trinajstić information content (AvgIpc) is 3.35. The van der Waals surface area contributed by atoms with Crippen LogP contribution in [0.5, 0.6) is 17.2 Å². The largest absolute Gasteiger partial charge is 0.493 e. The Kier molecular flexibility index (Phi) is 8.49. The summed E-state index contributed by atoms with van der Waals surface area (Å²) in [6.45, 7) is 2.58. The van der Waals surface area contributed by atoms with E-state index in [0.717, 1.165) is 16.2 Å². The molecule has 172 valence electrons. The van der Waals surface area contributed by atoms with Gasteiger partial charge in [-0.25, -0.2) is 0 Å². The van der Waals surface area contributed by atoms with E-state index in [1.165, 1.54) is 25.6 Å². The first-order chi connectivity index (χ1) is 16.0. The number of carbonyl (C=O) groups excluding carboxylic acids is 2. The van der Waals surface area contributed by atoms with E-state index in [1.54, 1.807) is 24.3 Å². The number of methoxy groups -OCH3 is 2. The third kappa shape index (κ3) is 6.85. The van der Waals surface area contributed by atoms with E-state index in [4.69, 9.17) is 14.2 Å². The van der Waals surface area contributed by atoms with E-state index in [9.17, 15) is 9.59 Å². The van der Waals surface area contributed by atoms with Crippen molar-refractivity contribution in [2.24, 2.45) is 0 Å². The molecule has 1 aromatic heterocycles. The molecule has 1 heterocycles. The molecule has 0 aliphatic carbocycles. The van der Waals surface area contributed by atoms with Crippen molar-refractivity contribution in [2.75, 3.05) is 27.4 Å². The highest BCUT2D eigenvalue weighted by Crippen LogP contribution is 2.27. The Morgan fingerprint density at radius 1 is 1.00 bits per heavy atom. The molecule has 33 heavy (non-hydrogen) atoms. The van der Waals surface area contributed by atoms with Crippen molar-refractivity contribution in [1.82, 2.24) is 10.6 Å². The molecule has 0 radical (unpaired) electrons. The molecule has 2 N–H and O–H groups in total. The number of benzene rings is 2. The fourth-order valence-electron chi connectivity index (χ4n) is 2.91. The number of thiophene rings is 1. The van der Waals surface area contributed by atoms with Gasteiger partial charge in [-0.15, -0.1) is 11.3 Å². The van der Waals surface area contributed by atoms with Crippen LogP contribution in [-0.2, 0) is 4.79 Å². The van der Waals surface area contributed by atoms with Gasteiger partial charge in [0.05, 0.1) is 20.8 Å².